The summed E-state index contributed by atoms with van der Waals surface area (Å²) in [6, 6.07) is 5.55. The summed E-state index contributed by atoms with van der Waals surface area (Å²) in [7, 11) is 0. The number of hydrogen-bond acceptors (Lipinski definition) is 4. The van der Waals surface area contributed by atoms with Crippen LogP contribution in [0.2, 0.25) is 0 Å². The minimum atomic E-state index is 0.0858. The molecule has 0 aliphatic rings. The number of ketones is 1. The molecule has 0 saturated heterocycles. The Kier molecular flexibility index (Phi) is 4.65. The number of carbonyl (C=O) groups is 1. The van der Waals surface area contributed by atoms with Crippen molar-refractivity contribution in [2.24, 2.45) is 5.73 Å². The number of rotatable bonds is 5. The van der Waals surface area contributed by atoms with Gasteiger partial charge in [-0.15, -0.1) is 11.8 Å². The van der Waals surface area contributed by atoms with Gasteiger partial charge in [-0.2, -0.15) is 0 Å². The van der Waals surface area contributed by atoms with E-state index in [0.717, 1.165) is 10.6 Å². The van der Waals surface area contributed by atoms with Gasteiger partial charge in [-0.05, 0) is 12.1 Å². The van der Waals surface area contributed by atoms with E-state index >= 15 is 0 Å². The lowest BCUT2D eigenvalue weighted by Crippen LogP contribution is -2.05. The van der Waals surface area contributed by atoms with Crippen molar-refractivity contribution in [2.75, 3.05) is 18.0 Å². The third kappa shape index (κ3) is 2.97. The van der Waals surface area contributed by atoms with Crippen molar-refractivity contribution in [3.63, 3.8) is 0 Å². The maximum absolute atomic E-state index is 11.5. The van der Waals surface area contributed by atoms with Gasteiger partial charge in [-0.25, -0.2) is 0 Å². The van der Waals surface area contributed by atoms with Crippen LogP contribution in [0.15, 0.2) is 23.1 Å². The summed E-state index contributed by atoms with van der Waals surface area (Å²) in [6.07, 6.45) is 0.481. The minimum Gasteiger partial charge on any atom is -0.397 e. The molecule has 4 N–H and O–H groups in total. The van der Waals surface area contributed by atoms with Gasteiger partial charge in [0.25, 0.3) is 0 Å². The van der Waals surface area contributed by atoms with Crippen LogP contribution < -0.4 is 11.5 Å². The molecule has 1 aromatic rings. The van der Waals surface area contributed by atoms with Crippen molar-refractivity contribution >= 4 is 23.2 Å². The molecule has 0 atom stereocenters. The van der Waals surface area contributed by atoms with Gasteiger partial charge in [0.15, 0.2) is 5.78 Å². The first-order valence-electron chi connectivity index (χ1n) is 4.95. The molecular formula is C11H16N2OS. The lowest BCUT2D eigenvalue weighted by molar-refractivity contribution is 0.0989. The number of nitrogen functional groups attached to an aromatic ring is 1. The molecular weight excluding hydrogens is 208 g/mol. The lowest BCUT2D eigenvalue weighted by Gasteiger charge is -2.08. The Hall–Kier alpha value is -1.00. The number of thioether (sulfide) groups is 1. The summed E-state index contributed by atoms with van der Waals surface area (Å²) in [5, 5.41) is 0. The van der Waals surface area contributed by atoms with E-state index in [0.29, 0.717) is 24.2 Å². The van der Waals surface area contributed by atoms with Crippen LogP contribution in [0.4, 0.5) is 5.69 Å². The van der Waals surface area contributed by atoms with E-state index in [4.69, 9.17) is 11.5 Å². The third-order valence-corrected chi connectivity index (χ3v) is 3.17. The molecule has 0 aliphatic heterocycles. The number of para-hydroxylation sites is 1. The molecule has 0 saturated carbocycles. The largest absolute Gasteiger partial charge is 0.397 e. The molecule has 1 aromatic carbocycles. The molecule has 1 rings (SSSR count). The summed E-state index contributed by atoms with van der Waals surface area (Å²) < 4.78 is 0. The van der Waals surface area contributed by atoms with E-state index in [1.165, 1.54) is 0 Å². The number of Topliss-reactive ketones (excluding diaryl/α,β-unsaturated/α-hetero) is 1. The van der Waals surface area contributed by atoms with Gasteiger partial charge >= 0.3 is 0 Å². The quantitative estimate of drug-likeness (QED) is 0.455. The van der Waals surface area contributed by atoms with Crippen molar-refractivity contribution in [2.45, 2.75) is 18.2 Å². The Labute approximate surface area is 94.2 Å². The smallest absolute Gasteiger partial charge is 0.164 e. The highest BCUT2D eigenvalue weighted by Crippen LogP contribution is 2.28. The Balaban J connectivity index is 2.95. The topological polar surface area (TPSA) is 69.1 Å². The molecule has 3 nitrogen and oxygen atoms in total. The van der Waals surface area contributed by atoms with E-state index in [2.05, 4.69) is 0 Å². The lowest BCUT2D eigenvalue weighted by atomic mass is 10.1. The summed E-state index contributed by atoms with van der Waals surface area (Å²) >= 11 is 1.59. The van der Waals surface area contributed by atoms with E-state index in [-0.39, 0.29) is 5.78 Å². The number of benzene rings is 1. The second-order valence-electron chi connectivity index (χ2n) is 3.13. The van der Waals surface area contributed by atoms with Gasteiger partial charge in [0, 0.05) is 29.2 Å². The van der Waals surface area contributed by atoms with Gasteiger partial charge in [-0.1, -0.05) is 13.0 Å². The molecule has 0 unspecified atom stereocenters. The van der Waals surface area contributed by atoms with Crippen molar-refractivity contribution < 1.29 is 4.79 Å². The summed E-state index contributed by atoms with van der Waals surface area (Å²) in [5.74, 6) is 0.899. The van der Waals surface area contributed by atoms with E-state index in [1.807, 2.05) is 19.1 Å². The van der Waals surface area contributed by atoms with E-state index < -0.39 is 0 Å². The van der Waals surface area contributed by atoms with Crippen LogP contribution in [-0.4, -0.2) is 18.1 Å². The second kappa shape index (κ2) is 5.78. The molecule has 0 aliphatic carbocycles. The van der Waals surface area contributed by atoms with Gasteiger partial charge in [0.2, 0.25) is 0 Å². The zero-order chi connectivity index (χ0) is 11.3. The monoisotopic (exact) mass is 224 g/mol. The van der Waals surface area contributed by atoms with Crippen LogP contribution in [0.5, 0.6) is 0 Å². The molecule has 0 aromatic heterocycles. The van der Waals surface area contributed by atoms with Gasteiger partial charge < -0.3 is 11.5 Å². The van der Waals surface area contributed by atoms with Gasteiger partial charge in [0.1, 0.15) is 0 Å². The summed E-state index contributed by atoms with van der Waals surface area (Å²) in [6.45, 7) is 2.44. The zero-order valence-electron chi connectivity index (χ0n) is 8.82. The van der Waals surface area contributed by atoms with Crippen LogP contribution in [-0.2, 0) is 0 Å². The fraction of sp³-hybridized carbons (Fsp3) is 0.364. The minimum absolute atomic E-state index is 0.0858. The Morgan fingerprint density at radius 3 is 2.80 bits per heavy atom. The van der Waals surface area contributed by atoms with Gasteiger partial charge in [-0.3, -0.25) is 4.79 Å². The summed E-state index contributed by atoms with van der Waals surface area (Å²) in [4.78, 5) is 12.5. The number of carbonyl (C=O) groups excluding carboxylic acids is 1. The molecule has 0 heterocycles. The van der Waals surface area contributed by atoms with Crippen LogP contribution in [0.25, 0.3) is 0 Å². The summed E-state index contributed by atoms with van der Waals surface area (Å²) in [5.41, 5.74) is 12.6. The van der Waals surface area contributed by atoms with E-state index in [9.17, 15) is 4.79 Å². The molecule has 4 heteroatoms. The third-order valence-electron chi connectivity index (χ3n) is 2.06. The highest BCUT2D eigenvalue weighted by atomic mass is 32.2. The Morgan fingerprint density at radius 1 is 1.47 bits per heavy atom. The molecule has 0 spiro atoms. The number of anilines is 1. The van der Waals surface area contributed by atoms with Crippen LogP contribution in [0, 0.1) is 0 Å². The van der Waals surface area contributed by atoms with Crippen molar-refractivity contribution in [1.82, 2.24) is 0 Å². The highest BCUT2D eigenvalue weighted by Gasteiger charge is 2.10. The zero-order valence-corrected chi connectivity index (χ0v) is 9.64. The number of hydrogen-bond donors (Lipinski definition) is 2. The van der Waals surface area contributed by atoms with Crippen LogP contribution >= 0.6 is 11.8 Å². The first-order chi connectivity index (χ1) is 7.20. The normalized spacial score (nSPS) is 10.3. The molecule has 15 heavy (non-hydrogen) atoms. The fourth-order valence-corrected chi connectivity index (χ4v) is 2.05. The maximum atomic E-state index is 11.5. The molecule has 0 radical (unpaired) electrons. The standard InChI is InChI=1S/C11H16N2OS/c1-2-9(14)8-4-3-5-10(11(8)13)15-7-6-12/h3-5H,2,6-7,12-13H2,1H3. The van der Waals surface area contributed by atoms with Crippen LogP contribution in [0.1, 0.15) is 23.7 Å². The predicted molar refractivity (Wildman–Crippen MR) is 65.3 cm³/mol. The van der Waals surface area contributed by atoms with Crippen LogP contribution in [0.3, 0.4) is 0 Å². The van der Waals surface area contributed by atoms with Crippen molar-refractivity contribution in [3.8, 4) is 0 Å². The fourth-order valence-electron chi connectivity index (χ4n) is 1.27. The first-order valence-corrected chi connectivity index (χ1v) is 5.93. The SMILES string of the molecule is CCC(=O)c1cccc(SCCN)c1N. The average Bonchev–Trinajstić information content (AvgIpc) is 2.27. The predicted octanol–water partition coefficient (Wildman–Crippen LogP) is 1.91. The molecule has 0 fully saturated rings. The Bertz CT molecular complexity index is 352. The first kappa shape index (κ1) is 12.1. The maximum Gasteiger partial charge on any atom is 0.164 e. The van der Waals surface area contributed by atoms with Crippen molar-refractivity contribution in [1.29, 1.82) is 0 Å². The Morgan fingerprint density at radius 2 is 2.20 bits per heavy atom. The average molecular weight is 224 g/mol. The van der Waals surface area contributed by atoms with Gasteiger partial charge in [0.05, 0.1) is 5.69 Å². The molecule has 82 valence electrons. The van der Waals surface area contributed by atoms with Crippen molar-refractivity contribution in [3.05, 3.63) is 23.8 Å². The highest BCUT2D eigenvalue weighted by molar-refractivity contribution is 7.99. The number of nitrogens with two attached hydrogens (primary N) is 2. The molecule has 0 amide bonds. The molecule has 0 bridgehead atoms. The van der Waals surface area contributed by atoms with E-state index in [1.54, 1.807) is 17.8 Å². The second-order valence-corrected chi connectivity index (χ2v) is 4.27.